The molecule has 1 atom stereocenters. The quantitative estimate of drug-likeness (QED) is 0.868. The van der Waals surface area contributed by atoms with Gasteiger partial charge in [-0.05, 0) is 74.2 Å². The summed E-state index contributed by atoms with van der Waals surface area (Å²) in [5, 5.41) is 0. The average Bonchev–Trinajstić information content (AvgIpc) is 2.97. The van der Waals surface area contributed by atoms with Crippen LogP contribution < -0.4 is 10.5 Å². The predicted octanol–water partition coefficient (Wildman–Crippen LogP) is 3.00. The van der Waals surface area contributed by atoms with Crippen LogP contribution in [0.1, 0.15) is 49.1 Å². The molecule has 1 saturated carbocycles. The van der Waals surface area contributed by atoms with Gasteiger partial charge in [0.2, 0.25) is 0 Å². The molecular weight excluding hydrogens is 210 g/mol. The molecule has 0 radical (unpaired) electrons. The van der Waals surface area contributed by atoms with Gasteiger partial charge in [-0.2, -0.15) is 0 Å². The Morgan fingerprint density at radius 2 is 2.00 bits per heavy atom. The Morgan fingerprint density at radius 1 is 1.18 bits per heavy atom. The zero-order valence-corrected chi connectivity index (χ0v) is 10.3. The molecule has 1 aromatic carbocycles. The number of ether oxygens (including phenoxy) is 1. The van der Waals surface area contributed by atoms with Gasteiger partial charge >= 0.3 is 0 Å². The largest absolute Gasteiger partial charge is 0.490 e. The van der Waals surface area contributed by atoms with Gasteiger partial charge in [0.05, 0.1) is 6.10 Å². The van der Waals surface area contributed by atoms with Gasteiger partial charge in [0, 0.05) is 0 Å². The van der Waals surface area contributed by atoms with Crippen LogP contribution in [0.5, 0.6) is 5.75 Å². The highest BCUT2D eigenvalue weighted by molar-refractivity contribution is 5.41. The summed E-state index contributed by atoms with van der Waals surface area (Å²) >= 11 is 0. The van der Waals surface area contributed by atoms with E-state index in [1.165, 1.54) is 49.7 Å². The second-order valence-corrected chi connectivity index (χ2v) is 5.36. The van der Waals surface area contributed by atoms with E-state index < -0.39 is 0 Å². The molecule has 2 heteroatoms. The fourth-order valence-electron chi connectivity index (χ4n) is 3.20. The summed E-state index contributed by atoms with van der Waals surface area (Å²) in [6.07, 6.45) is 7.93. The Kier molecular flexibility index (Phi) is 3.06. The van der Waals surface area contributed by atoms with Crippen LogP contribution in [0, 0.1) is 0 Å². The lowest BCUT2D eigenvalue weighted by atomic mass is 10.0. The topological polar surface area (TPSA) is 35.2 Å². The Morgan fingerprint density at radius 3 is 2.76 bits per heavy atom. The zero-order valence-electron chi connectivity index (χ0n) is 10.3. The number of fused-ring (bicyclic) bond motifs is 1. The van der Waals surface area contributed by atoms with Gasteiger partial charge in [0.1, 0.15) is 5.75 Å². The Bertz CT molecular complexity index is 396. The van der Waals surface area contributed by atoms with Gasteiger partial charge in [0.25, 0.3) is 0 Å². The van der Waals surface area contributed by atoms with Crippen molar-refractivity contribution >= 4 is 0 Å². The molecule has 0 aromatic heterocycles. The predicted molar refractivity (Wildman–Crippen MR) is 69.4 cm³/mol. The molecule has 92 valence electrons. The van der Waals surface area contributed by atoms with Crippen molar-refractivity contribution in [2.45, 2.75) is 50.5 Å². The summed E-state index contributed by atoms with van der Waals surface area (Å²) < 4.78 is 6.04. The van der Waals surface area contributed by atoms with Gasteiger partial charge in [-0.1, -0.05) is 6.07 Å². The summed E-state index contributed by atoms with van der Waals surface area (Å²) in [5.74, 6) is 1.64. The first-order chi connectivity index (χ1) is 8.36. The van der Waals surface area contributed by atoms with Gasteiger partial charge < -0.3 is 10.5 Å². The summed E-state index contributed by atoms with van der Waals surface area (Å²) in [6.45, 7) is 0.774. The molecule has 0 heterocycles. The third-order valence-electron chi connectivity index (χ3n) is 4.21. The minimum absolute atomic E-state index is 0.458. The van der Waals surface area contributed by atoms with Crippen LogP contribution in [0.15, 0.2) is 18.2 Å². The van der Waals surface area contributed by atoms with E-state index in [0.29, 0.717) is 12.0 Å². The molecule has 0 saturated heterocycles. The lowest BCUT2D eigenvalue weighted by Gasteiger charge is -2.14. The van der Waals surface area contributed by atoms with Crippen LogP contribution in [0.2, 0.25) is 0 Å². The molecule has 2 nitrogen and oxygen atoms in total. The van der Waals surface area contributed by atoms with Crippen LogP contribution in [0.25, 0.3) is 0 Å². The van der Waals surface area contributed by atoms with E-state index in [1.807, 2.05) is 0 Å². The van der Waals surface area contributed by atoms with Crippen LogP contribution in [0.3, 0.4) is 0 Å². The first-order valence-corrected chi connectivity index (χ1v) is 6.86. The maximum Gasteiger partial charge on any atom is 0.120 e. The number of hydrogen-bond donors (Lipinski definition) is 1. The van der Waals surface area contributed by atoms with E-state index in [9.17, 15) is 0 Å². The molecule has 2 aliphatic carbocycles. The molecule has 1 aromatic rings. The molecule has 1 unspecified atom stereocenters. The normalized spacial score (nSPS) is 23.9. The Hall–Kier alpha value is -1.02. The Balaban J connectivity index is 1.75. The monoisotopic (exact) mass is 231 g/mol. The minimum atomic E-state index is 0.458. The molecule has 2 N–H and O–H groups in total. The smallest absolute Gasteiger partial charge is 0.120 e. The number of rotatable bonds is 3. The lowest BCUT2D eigenvalue weighted by Crippen LogP contribution is -2.11. The molecule has 0 aliphatic heterocycles. The fraction of sp³-hybridized carbons (Fsp3) is 0.600. The highest BCUT2D eigenvalue weighted by Crippen LogP contribution is 2.35. The maximum absolute atomic E-state index is 6.04. The van der Waals surface area contributed by atoms with Crippen LogP contribution in [0.4, 0.5) is 0 Å². The van der Waals surface area contributed by atoms with Gasteiger partial charge in [-0.3, -0.25) is 0 Å². The number of nitrogens with two attached hydrogens (primary N) is 1. The molecule has 0 bridgehead atoms. The first kappa shape index (κ1) is 11.1. The van der Waals surface area contributed by atoms with Gasteiger partial charge in [-0.15, -0.1) is 0 Å². The average molecular weight is 231 g/mol. The van der Waals surface area contributed by atoms with E-state index in [1.54, 1.807) is 0 Å². The lowest BCUT2D eigenvalue weighted by molar-refractivity contribution is 0.210. The third kappa shape index (κ3) is 2.19. The van der Waals surface area contributed by atoms with E-state index in [4.69, 9.17) is 10.5 Å². The standard InChI is InChI=1S/C15H21NO/c16-10-12-6-5-11-9-14(7-8-15(11)12)17-13-3-1-2-4-13/h7-9,12-13H,1-6,10,16H2. The molecule has 2 aliphatic rings. The molecule has 0 amide bonds. The summed E-state index contributed by atoms with van der Waals surface area (Å²) in [4.78, 5) is 0. The Labute approximate surface area is 103 Å². The van der Waals surface area contributed by atoms with E-state index >= 15 is 0 Å². The van der Waals surface area contributed by atoms with E-state index in [-0.39, 0.29) is 0 Å². The molecule has 3 rings (SSSR count). The molecule has 1 fully saturated rings. The number of aryl methyl sites for hydroxylation is 1. The third-order valence-corrected chi connectivity index (χ3v) is 4.21. The van der Waals surface area contributed by atoms with Crippen LogP contribution in [-0.2, 0) is 6.42 Å². The highest BCUT2D eigenvalue weighted by atomic mass is 16.5. The van der Waals surface area contributed by atoms with Crippen molar-refractivity contribution in [3.63, 3.8) is 0 Å². The molecular formula is C15H21NO. The van der Waals surface area contributed by atoms with Crippen LogP contribution in [-0.4, -0.2) is 12.6 Å². The van der Waals surface area contributed by atoms with Crippen molar-refractivity contribution in [2.75, 3.05) is 6.54 Å². The number of benzene rings is 1. The minimum Gasteiger partial charge on any atom is -0.490 e. The molecule has 0 spiro atoms. The van der Waals surface area contributed by atoms with Crippen molar-refractivity contribution in [3.8, 4) is 5.75 Å². The maximum atomic E-state index is 6.04. The van der Waals surface area contributed by atoms with Crippen molar-refractivity contribution in [1.82, 2.24) is 0 Å². The fourth-order valence-corrected chi connectivity index (χ4v) is 3.20. The second kappa shape index (κ2) is 4.69. The second-order valence-electron chi connectivity index (χ2n) is 5.36. The van der Waals surface area contributed by atoms with Crippen molar-refractivity contribution in [1.29, 1.82) is 0 Å². The number of hydrogen-bond acceptors (Lipinski definition) is 2. The summed E-state index contributed by atoms with van der Waals surface area (Å²) in [7, 11) is 0. The van der Waals surface area contributed by atoms with Gasteiger partial charge in [-0.25, -0.2) is 0 Å². The molecule has 17 heavy (non-hydrogen) atoms. The van der Waals surface area contributed by atoms with Crippen molar-refractivity contribution in [3.05, 3.63) is 29.3 Å². The van der Waals surface area contributed by atoms with Crippen molar-refractivity contribution < 1.29 is 4.74 Å². The van der Waals surface area contributed by atoms with E-state index in [0.717, 1.165) is 12.3 Å². The highest BCUT2D eigenvalue weighted by Gasteiger charge is 2.22. The van der Waals surface area contributed by atoms with E-state index in [2.05, 4.69) is 18.2 Å². The van der Waals surface area contributed by atoms with Crippen molar-refractivity contribution in [2.24, 2.45) is 5.73 Å². The van der Waals surface area contributed by atoms with Crippen LogP contribution >= 0.6 is 0 Å². The summed E-state index contributed by atoms with van der Waals surface area (Å²) in [5.41, 5.74) is 8.69. The first-order valence-electron chi connectivity index (χ1n) is 6.86. The van der Waals surface area contributed by atoms with Gasteiger partial charge in [0.15, 0.2) is 0 Å². The SMILES string of the molecule is NCC1CCc2cc(OC3CCCC3)ccc21. The zero-order chi connectivity index (χ0) is 11.7. The summed E-state index contributed by atoms with van der Waals surface area (Å²) in [6, 6.07) is 6.60.